The van der Waals surface area contributed by atoms with Crippen molar-refractivity contribution in [1.82, 2.24) is 0 Å². The van der Waals surface area contributed by atoms with Gasteiger partial charge in [-0.15, -0.1) is 0 Å². The molecule has 0 amide bonds. The van der Waals surface area contributed by atoms with E-state index < -0.39 is 0 Å². The Hall–Kier alpha value is -3.13. The number of rotatable bonds is 2. The lowest BCUT2D eigenvalue weighted by molar-refractivity contribution is 1.50. The Morgan fingerprint density at radius 3 is 1.45 bits per heavy atom. The summed E-state index contributed by atoms with van der Waals surface area (Å²) in [5, 5.41) is 3.30. The monoisotopic (exact) mass is 447 g/mol. The van der Waals surface area contributed by atoms with Crippen molar-refractivity contribution in [2.24, 2.45) is 0 Å². The topological polar surface area (TPSA) is 38.0 Å². The molecule has 0 atom stereocenters. The Labute approximate surface area is 183 Å². The van der Waals surface area contributed by atoms with Crippen molar-refractivity contribution in [3.8, 4) is 0 Å². The van der Waals surface area contributed by atoms with Crippen LogP contribution >= 0.6 is 15.9 Å². The summed E-state index contributed by atoms with van der Waals surface area (Å²) in [6, 6.07) is 29.8. The van der Waals surface area contributed by atoms with E-state index in [1.807, 2.05) is 129 Å². The molecule has 0 heterocycles. The van der Waals surface area contributed by atoms with Gasteiger partial charge in [-0.1, -0.05) is 68.4 Å². The number of hydrogen-bond acceptors (Lipinski definition) is 2. The lowest BCUT2D eigenvalue weighted by Gasteiger charge is -2.04. The van der Waals surface area contributed by atoms with E-state index in [4.69, 9.17) is 5.73 Å². The molecule has 0 spiro atoms. The second-order valence-electron chi connectivity index (χ2n) is 5.49. The van der Waals surface area contributed by atoms with E-state index in [1.54, 1.807) is 0 Å². The lowest BCUT2D eigenvalue weighted by atomic mass is 10.3. The molecule has 0 aliphatic heterocycles. The van der Waals surface area contributed by atoms with E-state index in [1.165, 1.54) is 0 Å². The maximum absolute atomic E-state index is 5.36. The predicted molar refractivity (Wildman–Crippen MR) is 132 cm³/mol. The molecule has 0 radical (unpaired) electrons. The molecule has 3 heteroatoms. The van der Waals surface area contributed by atoms with Crippen molar-refractivity contribution < 1.29 is 0 Å². The van der Waals surface area contributed by atoms with Crippen LogP contribution < -0.4 is 11.1 Å². The molecule has 0 saturated heterocycles. The van der Waals surface area contributed by atoms with Crippen LogP contribution in [-0.4, -0.2) is 0 Å². The fourth-order valence-corrected chi connectivity index (χ4v) is 2.29. The molecule has 148 valence electrons. The van der Waals surface area contributed by atoms with Crippen LogP contribution in [-0.2, 0) is 0 Å². The van der Waals surface area contributed by atoms with Crippen LogP contribution in [0.4, 0.5) is 17.1 Å². The second kappa shape index (κ2) is 15.9. The molecule has 0 bridgehead atoms. The van der Waals surface area contributed by atoms with Crippen LogP contribution in [0.1, 0.15) is 13.8 Å². The molecule has 0 aromatic heterocycles. The maximum atomic E-state index is 5.36. The first-order valence-electron chi connectivity index (χ1n) is 9.53. The Morgan fingerprint density at radius 1 is 0.724 bits per heavy atom. The molecule has 0 saturated carbocycles. The standard InChI is InChI=1S/C12H11N.C6H4Br.C6H7N.C2H6/c1-3-7-11(8-4-1)13-12-9-5-2-6-10-12;2*7-6-4-2-1-3-5-6;1-2/h1-10,13H;2-5H;1-5H,7H2;1-2H3/q;+1;;. The van der Waals surface area contributed by atoms with Gasteiger partial charge in [0.2, 0.25) is 0 Å². The summed E-state index contributed by atoms with van der Waals surface area (Å²) >= 11 is 3.29. The predicted octanol–water partition coefficient (Wildman–Crippen LogP) is 7.92. The van der Waals surface area contributed by atoms with E-state index in [9.17, 15) is 0 Å². The summed E-state index contributed by atoms with van der Waals surface area (Å²) in [7, 11) is 0. The average molecular weight is 448 g/mol. The summed E-state index contributed by atoms with van der Waals surface area (Å²) in [5.41, 5.74) is 8.42. The number of anilines is 3. The highest BCUT2D eigenvalue weighted by Gasteiger charge is 1.92. The molecule has 0 unspecified atom stereocenters. The van der Waals surface area contributed by atoms with Crippen LogP contribution in [0, 0.1) is 6.08 Å². The number of para-hydroxylation sites is 3. The molecule has 29 heavy (non-hydrogen) atoms. The van der Waals surface area contributed by atoms with Crippen LogP contribution in [0.3, 0.4) is 0 Å². The largest absolute Gasteiger partial charge is 0.399 e. The normalized spacial score (nSPS) is 10.4. The Morgan fingerprint density at radius 2 is 1.17 bits per heavy atom. The van der Waals surface area contributed by atoms with Crippen molar-refractivity contribution in [1.29, 1.82) is 0 Å². The third-order valence-electron chi connectivity index (χ3n) is 3.31. The summed E-state index contributed by atoms with van der Waals surface area (Å²) in [6.45, 7) is 4.00. The molecular formula is C26H28BrN2+. The van der Waals surface area contributed by atoms with E-state index in [2.05, 4.69) is 27.3 Å². The van der Waals surface area contributed by atoms with Crippen LogP contribution in [0.5, 0.6) is 0 Å². The van der Waals surface area contributed by atoms with Crippen molar-refractivity contribution >= 4 is 33.0 Å². The van der Waals surface area contributed by atoms with Gasteiger partial charge < -0.3 is 11.1 Å². The Kier molecular flexibility index (Phi) is 13.1. The Bertz CT molecular complexity index is 817. The highest BCUT2D eigenvalue weighted by molar-refractivity contribution is 9.11. The van der Waals surface area contributed by atoms with Crippen LogP contribution in [0.25, 0.3) is 0 Å². The van der Waals surface area contributed by atoms with Gasteiger partial charge in [-0.3, -0.25) is 0 Å². The highest BCUT2D eigenvalue weighted by Crippen LogP contribution is 2.14. The molecular weight excluding hydrogens is 420 g/mol. The van der Waals surface area contributed by atoms with Gasteiger partial charge in [0.15, 0.2) is 0 Å². The van der Waals surface area contributed by atoms with Gasteiger partial charge >= 0.3 is 0 Å². The van der Waals surface area contributed by atoms with Gasteiger partial charge in [0.05, 0.1) is 12.2 Å². The van der Waals surface area contributed by atoms with Crippen molar-refractivity contribution in [3.63, 3.8) is 0 Å². The number of halogens is 1. The minimum Gasteiger partial charge on any atom is -0.399 e. The smallest absolute Gasteiger partial charge is 0.127 e. The fourth-order valence-electron chi connectivity index (χ4n) is 2.03. The number of allylic oxidation sites excluding steroid dienone is 6. The first-order valence-corrected chi connectivity index (χ1v) is 10.3. The minimum atomic E-state index is 0.822. The number of nitrogens with one attached hydrogen (secondary N) is 1. The van der Waals surface area contributed by atoms with Crippen molar-refractivity contribution in [2.75, 3.05) is 11.1 Å². The molecule has 1 aliphatic rings. The molecule has 2 nitrogen and oxygen atoms in total. The van der Waals surface area contributed by atoms with Crippen molar-refractivity contribution in [2.45, 2.75) is 13.8 Å². The number of nitrogen functional groups attached to an aromatic ring is 1. The molecule has 3 N–H and O–H groups in total. The fraction of sp³-hybridized carbons (Fsp3) is 0.0769. The molecule has 0 fully saturated rings. The molecule has 3 aromatic carbocycles. The number of nitrogens with two attached hydrogens (primary N) is 1. The lowest BCUT2D eigenvalue weighted by Crippen LogP contribution is -1.87. The molecule has 4 rings (SSSR count). The van der Waals surface area contributed by atoms with Gasteiger partial charge in [0.25, 0.3) is 0 Å². The maximum Gasteiger partial charge on any atom is 0.127 e. The highest BCUT2D eigenvalue weighted by atomic mass is 79.9. The SMILES string of the molecule is BrC1=CC=[C+]C=C1.CC.Nc1ccccc1.c1ccc(Nc2ccccc2)cc1. The van der Waals surface area contributed by atoms with E-state index in [0.717, 1.165) is 21.5 Å². The number of hydrogen-bond donors (Lipinski definition) is 2. The van der Waals surface area contributed by atoms with E-state index in [0.29, 0.717) is 0 Å². The average Bonchev–Trinajstić information content (AvgIpc) is 2.79. The van der Waals surface area contributed by atoms with E-state index >= 15 is 0 Å². The van der Waals surface area contributed by atoms with Crippen molar-refractivity contribution in [3.05, 3.63) is 126 Å². The van der Waals surface area contributed by atoms with Crippen LogP contribution in [0.15, 0.2) is 120 Å². The zero-order valence-electron chi connectivity index (χ0n) is 16.9. The molecule has 3 aromatic rings. The molecule has 1 aliphatic carbocycles. The minimum absolute atomic E-state index is 0.822. The quantitative estimate of drug-likeness (QED) is 0.309. The Balaban J connectivity index is 0.000000225. The van der Waals surface area contributed by atoms with E-state index in [-0.39, 0.29) is 0 Å². The van der Waals surface area contributed by atoms with Gasteiger partial charge in [0.1, 0.15) is 16.6 Å². The first kappa shape index (κ1) is 23.9. The third-order valence-corrected chi connectivity index (χ3v) is 3.84. The summed E-state index contributed by atoms with van der Waals surface area (Å²) in [6.07, 6.45) is 10.5. The summed E-state index contributed by atoms with van der Waals surface area (Å²) in [4.78, 5) is 0. The first-order chi connectivity index (χ1) is 14.2. The van der Waals surface area contributed by atoms with Gasteiger partial charge in [-0.25, -0.2) is 0 Å². The van der Waals surface area contributed by atoms with Gasteiger partial charge in [-0.05, 0) is 52.3 Å². The van der Waals surface area contributed by atoms with Gasteiger partial charge in [-0.2, -0.15) is 0 Å². The number of benzene rings is 3. The summed E-state index contributed by atoms with van der Waals surface area (Å²) < 4.78 is 1.10. The second-order valence-corrected chi connectivity index (χ2v) is 6.40. The van der Waals surface area contributed by atoms with Crippen LogP contribution in [0.2, 0.25) is 0 Å². The zero-order valence-corrected chi connectivity index (χ0v) is 18.5. The van der Waals surface area contributed by atoms with Gasteiger partial charge in [0, 0.05) is 23.1 Å². The zero-order chi connectivity index (χ0) is 21.2. The third kappa shape index (κ3) is 12.0. The summed E-state index contributed by atoms with van der Waals surface area (Å²) in [5.74, 6) is 0.